The van der Waals surface area contributed by atoms with Gasteiger partial charge in [-0.05, 0) is 29.7 Å². The smallest absolute Gasteiger partial charge is 0.123 e. The van der Waals surface area contributed by atoms with E-state index in [2.05, 4.69) is 6.92 Å². The molecule has 2 heteroatoms. The van der Waals surface area contributed by atoms with Crippen molar-refractivity contribution in [1.29, 1.82) is 0 Å². The lowest BCUT2D eigenvalue weighted by atomic mass is 10.1. The van der Waals surface area contributed by atoms with Gasteiger partial charge in [-0.2, -0.15) is 0 Å². The monoisotopic (exact) mass is 194 g/mol. The van der Waals surface area contributed by atoms with Gasteiger partial charge in [0.15, 0.2) is 0 Å². The minimum absolute atomic E-state index is 0.00559. The first kappa shape index (κ1) is 10.9. The Labute approximate surface area is 83.9 Å². The van der Waals surface area contributed by atoms with E-state index in [0.29, 0.717) is 0 Å². The van der Waals surface area contributed by atoms with Crippen molar-refractivity contribution >= 4 is 5.57 Å². The summed E-state index contributed by atoms with van der Waals surface area (Å²) in [5, 5.41) is 9.11. The summed E-state index contributed by atoms with van der Waals surface area (Å²) in [4.78, 5) is 0. The van der Waals surface area contributed by atoms with Gasteiger partial charge in [-0.1, -0.05) is 31.6 Å². The molecule has 0 aliphatic rings. The van der Waals surface area contributed by atoms with E-state index in [0.717, 1.165) is 24.0 Å². The topological polar surface area (TPSA) is 20.2 Å². The van der Waals surface area contributed by atoms with E-state index in [4.69, 9.17) is 5.11 Å². The highest BCUT2D eigenvalue weighted by molar-refractivity contribution is 5.65. The van der Waals surface area contributed by atoms with Gasteiger partial charge in [0.2, 0.25) is 0 Å². The van der Waals surface area contributed by atoms with Gasteiger partial charge in [0.25, 0.3) is 0 Å². The maximum Gasteiger partial charge on any atom is 0.123 e. The summed E-state index contributed by atoms with van der Waals surface area (Å²) in [6.07, 6.45) is 3.98. The lowest BCUT2D eigenvalue weighted by molar-refractivity contribution is 0.350. The van der Waals surface area contributed by atoms with E-state index >= 15 is 0 Å². The van der Waals surface area contributed by atoms with Crippen LogP contribution >= 0.6 is 0 Å². The van der Waals surface area contributed by atoms with E-state index in [1.54, 1.807) is 12.1 Å². The van der Waals surface area contributed by atoms with Crippen LogP contribution in [-0.4, -0.2) is 11.7 Å². The van der Waals surface area contributed by atoms with Crippen LogP contribution in [0.2, 0.25) is 0 Å². The number of benzene rings is 1. The van der Waals surface area contributed by atoms with Crippen LogP contribution in [0.5, 0.6) is 0 Å². The van der Waals surface area contributed by atoms with Crippen LogP contribution in [-0.2, 0) is 0 Å². The fraction of sp³-hybridized carbons (Fsp3) is 0.333. The molecule has 0 atom stereocenters. The Morgan fingerprint density at radius 2 is 2.00 bits per heavy atom. The van der Waals surface area contributed by atoms with Gasteiger partial charge < -0.3 is 5.11 Å². The summed E-state index contributed by atoms with van der Waals surface area (Å²) in [6.45, 7) is 2.09. The SMILES string of the molecule is CCC/C=C(\CO)c1ccc(F)cc1. The predicted octanol–water partition coefficient (Wildman–Crippen LogP) is 3.00. The molecule has 0 spiro atoms. The van der Waals surface area contributed by atoms with E-state index < -0.39 is 0 Å². The summed E-state index contributed by atoms with van der Waals surface area (Å²) in [5.41, 5.74) is 1.76. The molecule has 0 radical (unpaired) electrons. The number of rotatable bonds is 4. The Balaban J connectivity index is 2.84. The minimum Gasteiger partial charge on any atom is -0.392 e. The second-order valence-electron chi connectivity index (χ2n) is 3.18. The van der Waals surface area contributed by atoms with Crippen molar-refractivity contribution in [3.63, 3.8) is 0 Å². The molecule has 0 aromatic heterocycles. The van der Waals surface area contributed by atoms with E-state index in [1.165, 1.54) is 12.1 Å². The average Bonchev–Trinajstić information content (AvgIpc) is 2.21. The quantitative estimate of drug-likeness (QED) is 0.781. The fourth-order valence-electron chi connectivity index (χ4n) is 1.26. The van der Waals surface area contributed by atoms with Crippen molar-refractivity contribution in [2.75, 3.05) is 6.61 Å². The summed E-state index contributed by atoms with van der Waals surface area (Å²) in [7, 11) is 0. The first-order valence-corrected chi connectivity index (χ1v) is 4.83. The van der Waals surface area contributed by atoms with Crippen LogP contribution < -0.4 is 0 Å². The number of hydrogen-bond acceptors (Lipinski definition) is 1. The molecule has 14 heavy (non-hydrogen) atoms. The number of halogens is 1. The summed E-state index contributed by atoms with van der Waals surface area (Å²) in [5.74, 6) is -0.249. The van der Waals surface area contributed by atoms with Gasteiger partial charge in [0.1, 0.15) is 5.82 Å². The molecule has 0 bridgehead atoms. The van der Waals surface area contributed by atoms with Crippen molar-refractivity contribution in [3.8, 4) is 0 Å². The highest BCUT2D eigenvalue weighted by atomic mass is 19.1. The Kier molecular flexibility index (Phi) is 4.33. The highest BCUT2D eigenvalue weighted by Gasteiger charge is 1.99. The first-order valence-electron chi connectivity index (χ1n) is 4.83. The van der Waals surface area contributed by atoms with Gasteiger partial charge in [-0.15, -0.1) is 0 Å². The summed E-state index contributed by atoms with van der Waals surface area (Å²) >= 11 is 0. The fourth-order valence-corrected chi connectivity index (χ4v) is 1.26. The predicted molar refractivity (Wildman–Crippen MR) is 56.4 cm³/mol. The highest BCUT2D eigenvalue weighted by Crippen LogP contribution is 2.15. The molecule has 0 heterocycles. The molecule has 1 N–H and O–H groups in total. The Morgan fingerprint density at radius 3 is 2.50 bits per heavy atom. The molecular formula is C12H15FO. The standard InChI is InChI=1S/C12H15FO/c1-2-3-4-11(9-14)10-5-7-12(13)8-6-10/h4-8,14H,2-3,9H2,1H3/b11-4+. The van der Waals surface area contributed by atoms with Crippen LogP contribution in [0.3, 0.4) is 0 Å². The Morgan fingerprint density at radius 1 is 1.36 bits per heavy atom. The third kappa shape index (κ3) is 2.96. The van der Waals surface area contributed by atoms with Crippen molar-refractivity contribution < 1.29 is 9.50 Å². The zero-order chi connectivity index (χ0) is 10.4. The lowest BCUT2D eigenvalue weighted by Gasteiger charge is -2.03. The van der Waals surface area contributed by atoms with Crippen molar-refractivity contribution in [1.82, 2.24) is 0 Å². The molecule has 1 aromatic carbocycles. The molecule has 1 aromatic rings. The molecule has 0 saturated heterocycles. The van der Waals surface area contributed by atoms with Crippen LogP contribution in [0.15, 0.2) is 30.3 Å². The normalized spacial score (nSPS) is 11.8. The number of unbranched alkanes of at least 4 members (excludes halogenated alkanes) is 1. The summed E-state index contributed by atoms with van der Waals surface area (Å²) < 4.78 is 12.6. The Bertz CT molecular complexity index is 301. The number of allylic oxidation sites excluding steroid dienone is 1. The third-order valence-corrected chi connectivity index (χ3v) is 2.06. The molecule has 1 nitrogen and oxygen atoms in total. The number of aliphatic hydroxyl groups excluding tert-OH is 1. The molecule has 0 aliphatic carbocycles. The largest absolute Gasteiger partial charge is 0.392 e. The zero-order valence-electron chi connectivity index (χ0n) is 8.33. The lowest BCUT2D eigenvalue weighted by Crippen LogP contribution is -1.90. The maximum atomic E-state index is 12.6. The molecule has 0 aliphatic heterocycles. The van der Waals surface area contributed by atoms with Gasteiger partial charge in [-0.3, -0.25) is 0 Å². The van der Waals surface area contributed by atoms with Gasteiger partial charge in [0, 0.05) is 0 Å². The van der Waals surface area contributed by atoms with E-state index in [-0.39, 0.29) is 12.4 Å². The third-order valence-electron chi connectivity index (χ3n) is 2.06. The van der Waals surface area contributed by atoms with Crippen molar-refractivity contribution in [2.45, 2.75) is 19.8 Å². The van der Waals surface area contributed by atoms with Crippen LogP contribution in [0.25, 0.3) is 5.57 Å². The first-order chi connectivity index (χ1) is 6.77. The van der Waals surface area contributed by atoms with Crippen LogP contribution in [0.1, 0.15) is 25.3 Å². The van der Waals surface area contributed by atoms with E-state index in [1.807, 2.05) is 6.08 Å². The molecule has 0 amide bonds. The molecule has 1 rings (SSSR count). The van der Waals surface area contributed by atoms with E-state index in [9.17, 15) is 4.39 Å². The summed E-state index contributed by atoms with van der Waals surface area (Å²) in [6, 6.07) is 6.19. The van der Waals surface area contributed by atoms with Crippen molar-refractivity contribution in [3.05, 3.63) is 41.7 Å². The molecule has 0 saturated carbocycles. The van der Waals surface area contributed by atoms with Crippen LogP contribution in [0.4, 0.5) is 4.39 Å². The van der Waals surface area contributed by atoms with Gasteiger partial charge >= 0.3 is 0 Å². The molecule has 0 fully saturated rings. The van der Waals surface area contributed by atoms with Crippen molar-refractivity contribution in [2.24, 2.45) is 0 Å². The minimum atomic E-state index is -0.249. The Hall–Kier alpha value is -1.15. The number of hydrogen-bond donors (Lipinski definition) is 1. The van der Waals surface area contributed by atoms with Gasteiger partial charge in [-0.25, -0.2) is 4.39 Å². The molecular weight excluding hydrogens is 179 g/mol. The zero-order valence-corrected chi connectivity index (χ0v) is 8.33. The number of aliphatic hydroxyl groups is 1. The van der Waals surface area contributed by atoms with Gasteiger partial charge in [0.05, 0.1) is 6.61 Å². The second-order valence-corrected chi connectivity index (χ2v) is 3.18. The van der Waals surface area contributed by atoms with Crippen LogP contribution in [0, 0.1) is 5.82 Å². The molecule has 0 unspecified atom stereocenters. The maximum absolute atomic E-state index is 12.6. The molecule has 76 valence electrons. The second kappa shape index (κ2) is 5.55. The average molecular weight is 194 g/mol.